The molecule has 2 N–H and O–H groups in total. The van der Waals surface area contributed by atoms with Crippen LogP contribution in [0, 0.1) is 11.6 Å². The Balaban J connectivity index is 1.14. The molecule has 4 aromatic heterocycles. The summed E-state index contributed by atoms with van der Waals surface area (Å²) in [6.45, 7) is 3.39. The van der Waals surface area contributed by atoms with E-state index in [-0.39, 0.29) is 29.7 Å². The molecule has 228 valence electrons. The van der Waals surface area contributed by atoms with Gasteiger partial charge in [-0.1, -0.05) is 11.2 Å². The van der Waals surface area contributed by atoms with Crippen molar-refractivity contribution in [1.29, 1.82) is 0 Å². The van der Waals surface area contributed by atoms with E-state index in [0.717, 1.165) is 6.07 Å². The van der Waals surface area contributed by atoms with Gasteiger partial charge in [0.15, 0.2) is 23.0 Å². The molecule has 1 aromatic carbocycles. The van der Waals surface area contributed by atoms with Crippen molar-refractivity contribution in [2.24, 2.45) is 7.05 Å². The number of nitrogens with two attached hydrogens (primary N) is 1. The smallest absolute Gasteiger partial charge is 0.330 e. The van der Waals surface area contributed by atoms with E-state index >= 15 is 0 Å². The largest absolute Gasteiger partial charge is 0.617 e. The first-order valence-electron chi connectivity index (χ1n) is 13.9. The highest BCUT2D eigenvalue weighted by Gasteiger charge is 2.24. The average molecular weight is 615 g/mol. The molecule has 0 saturated carbocycles. The third-order valence-electron chi connectivity index (χ3n) is 7.67. The number of anilines is 2. The first-order valence-corrected chi connectivity index (χ1v) is 15.6. The molecule has 1 unspecified atom stereocenters. The fraction of sp³-hybridized carbons (Fsp3) is 0.393. The molecule has 43 heavy (non-hydrogen) atoms. The molecule has 15 heteroatoms. The molecule has 1 atom stereocenters. The van der Waals surface area contributed by atoms with Gasteiger partial charge in [0.2, 0.25) is 5.95 Å². The van der Waals surface area contributed by atoms with Crippen LogP contribution in [0.1, 0.15) is 6.42 Å². The third kappa shape index (κ3) is 5.67. The summed E-state index contributed by atoms with van der Waals surface area (Å²) in [4.78, 5) is 21.8. The van der Waals surface area contributed by atoms with Crippen molar-refractivity contribution in [3.05, 3.63) is 58.7 Å². The highest BCUT2D eigenvalue weighted by molar-refractivity contribution is 7.90. The number of aromatic nitrogens is 5. The van der Waals surface area contributed by atoms with Gasteiger partial charge >= 0.3 is 5.69 Å². The van der Waals surface area contributed by atoms with Crippen LogP contribution in [0.2, 0.25) is 0 Å². The predicted molar refractivity (Wildman–Crippen MR) is 160 cm³/mol. The van der Waals surface area contributed by atoms with Gasteiger partial charge in [0.25, 0.3) is 0 Å². The zero-order valence-corrected chi connectivity index (χ0v) is 24.6. The molecular formula is C28H32F2N8O4S. The number of hydrogen-bond acceptors (Lipinski definition) is 9. The normalized spacial score (nSPS) is 15.1. The summed E-state index contributed by atoms with van der Waals surface area (Å²) >= 11 is -0.959. The third-order valence-corrected chi connectivity index (χ3v) is 8.54. The summed E-state index contributed by atoms with van der Waals surface area (Å²) in [5.74, 6) is -0.260. The predicted octanol–water partition coefficient (Wildman–Crippen LogP) is 2.47. The minimum absolute atomic E-state index is 0.0219. The van der Waals surface area contributed by atoms with E-state index < -0.39 is 22.8 Å². The standard InChI is InChI=1S/C28H32F2N8O4S/c1-34-25-22-16-20(23-5-3-12-41-23)33-38(22)27(31)32-26(25)37(28(34)39)11-8-35-6-9-36(10-7-35)21-17-24(19(30)15-18(21)29)42-13-4-14-43(2)40/h3,5,12,15-17H,4,6-11,13-14H2,1-2H3,(H2,31,32). The first kappa shape index (κ1) is 29.0. The number of benzene rings is 1. The molecule has 5 heterocycles. The molecule has 12 nitrogen and oxygen atoms in total. The monoisotopic (exact) mass is 614 g/mol. The number of imidazole rings is 1. The van der Waals surface area contributed by atoms with Crippen LogP contribution in [0.4, 0.5) is 20.4 Å². The van der Waals surface area contributed by atoms with E-state index in [9.17, 15) is 18.1 Å². The van der Waals surface area contributed by atoms with Gasteiger partial charge in [-0.2, -0.15) is 14.6 Å². The van der Waals surface area contributed by atoms with Crippen molar-refractivity contribution in [3.63, 3.8) is 0 Å². The van der Waals surface area contributed by atoms with Gasteiger partial charge in [0.1, 0.15) is 22.8 Å². The van der Waals surface area contributed by atoms with Gasteiger partial charge in [0.05, 0.1) is 30.3 Å². The fourth-order valence-electron chi connectivity index (χ4n) is 5.44. The lowest BCUT2D eigenvalue weighted by atomic mass is 10.2. The fourth-order valence-corrected chi connectivity index (χ4v) is 5.97. The van der Waals surface area contributed by atoms with E-state index in [1.54, 1.807) is 40.8 Å². The Kier molecular flexibility index (Phi) is 8.03. The van der Waals surface area contributed by atoms with E-state index in [1.807, 2.05) is 11.0 Å². The minimum Gasteiger partial charge on any atom is -0.617 e. The van der Waals surface area contributed by atoms with Gasteiger partial charge in [-0.05, 0) is 18.2 Å². The molecule has 0 bridgehead atoms. The molecule has 1 aliphatic rings. The first-order chi connectivity index (χ1) is 20.7. The molecule has 0 radical (unpaired) electrons. The molecule has 1 saturated heterocycles. The lowest BCUT2D eigenvalue weighted by molar-refractivity contribution is 0.247. The van der Waals surface area contributed by atoms with Gasteiger partial charge in [-0.3, -0.25) is 14.0 Å². The number of furan rings is 1. The van der Waals surface area contributed by atoms with Crippen LogP contribution in [-0.4, -0.2) is 84.5 Å². The summed E-state index contributed by atoms with van der Waals surface area (Å²) in [5.41, 5.74) is 8.60. The topological polar surface area (TPSA) is 135 Å². The lowest BCUT2D eigenvalue weighted by Gasteiger charge is -2.36. The maximum absolute atomic E-state index is 14.7. The van der Waals surface area contributed by atoms with E-state index in [0.29, 0.717) is 79.6 Å². The molecule has 0 amide bonds. The van der Waals surface area contributed by atoms with Crippen LogP contribution < -0.4 is 21.1 Å². The van der Waals surface area contributed by atoms with Crippen molar-refractivity contribution < 1.29 is 22.5 Å². The van der Waals surface area contributed by atoms with Gasteiger partial charge < -0.3 is 24.3 Å². The lowest BCUT2D eigenvalue weighted by Crippen LogP contribution is -2.47. The number of hydrogen-bond donors (Lipinski definition) is 1. The highest BCUT2D eigenvalue weighted by Crippen LogP contribution is 2.30. The molecule has 0 aliphatic carbocycles. The van der Waals surface area contributed by atoms with Crippen LogP contribution in [-0.2, 0) is 24.8 Å². The number of nitrogen functional groups attached to an aromatic ring is 1. The number of aryl methyl sites for hydroxylation is 1. The summed E-state index contributed by atoms with van der Waals surface area (Å²) in [6, 6.07) is 7.62. The SMILES string of the molecule is Cn1c(=O)n(CCN2CCN(c3cc(OCCC[S+](C)[O-])c(F)cc3F)CC2)c2nc(N)n3nc(-c4ccco4)cc3c21. The van der Waals surface area contributed by atoms with Gasteiger partial charge in [-0.25, -0.2) is 13.6 Å². The Morgan fingerprint density at radius 1 is 1.14 bits per heavy atom. The van der Waals surface area contributed by atoms with E-state index in [2.05, 4.69) is 15.0 Å². The zero-order valence-electron chi connectivity index (χ0n) is 23.8. The van der Waals surface area contributed by atoms with Crippen LogP contribution >= 0.6 is 0 Å². The second kappa shape index (κ2) is 11.9. The van der Waals surface area contributed by atoms with Crippen molar-refractivity contribution in [2.75, 3.05) is 62.0 Å². The second-order valence-corrected chi connectivity index (χ2v) is 12.0. The summed E-state index contributed by atoms with van der Waals surface area (Å²) < 4.78 is 55.9. The maximum Gasteiger partial charge on any atom is 0.330 e. The Bertz CT molecular complexity index is 1810. The average Bonchev–Trinajstić information content (AvgIpc) is 3.71. The van der Waals surface area contributed by atoms with Crippen LogP contribution in [0.25, 0.3) is 28.1 Å². The quantitative estimate of drug-likeness (QED) is 0.186. The molecule has 0 spiro atoms. The number of nitrogens with zero attached hydrogens (tertiary/aromatic N) is 7. The van der Waals surface area contributed by atoms with Crippen LogP contribution in [0.5, 0.6) is 5.75 Å². The number of halogens is 2. The summed E-state index contributed by atoms with van der Waals surface area (Å²) in [7, 11) is 1.69. The van der Waals surface area contributed by atoms with Crippen molar-refractivity contribution in [2.45, 2.75) is 13.0 Å². The van der Waals surface area contributed by atoms with Gasteiger partial charge in [-0.15, -0.1) is 0 Å². The number of rotatable bonds is 10. The molecule has 5 aromatic rings. The maximum atomic E-state index is 14.7. The number of fused-ring (bicyclic) bond motifs is 3. The summed E-state index contributed by atoms with van der Waals surface area (Å²) in [6.07, 6.45) is 3.67. The molecular weight excluding hydrogens is 582 g/mol. The van der Waals surface area contributed by atoms with Crippen LogP contribution in [0.15, 0.2) is 45.8 Å². The number of piperazine rings is 1. The molecule has 1 fully saturated rings. The number of ether oxygens (including phenoxy) is 1. The van der Waals surface area contributed by atoms with Crippen molar-refractivity contribution >= 4 is 39.5 Å². The Labute approximate surface area is 248 Å². The Hall–Kier alpha value is -4.08. The molecule has 6 rings (SSSR count). The second-order valence-electron chi connectivity index (χ2n) is 10.5. The van der Waals surface area contributed by atoms with E-state index in [1.165, 1.54) is 10.6 Å². The summed E-state index contributed by atoms with van der Waals surface area (Å²) in [5, 5.41) is 4.51. The van der Waals surface area contributed by atoms with Crippen molar-refractivity contribution in [1.82, 2.24) is 28.6 Å². The molecule has 1 aliphatic heterocycles. The zero-order chi connectivity index (χ0) is 30.2. The van der Waals surface area contributed by atoms with Crippen molar-refractivity contribution in [3.8, 4) is 17.2 Å². The Morgan fingerprint density at radius 2 is 1.93 bits per heavy atom. The van der Waals surface area contributed by atoms with Crippen LogP contribution in [0.3, 0.4) is 0 Å². The van der Waals surface area contributed by atoms with E-state index in [4.69, 9.17) is 14.9 Å². The highest BCUT2D eigenvalue weighted by atomic mass is 32.2. The minimum atomic E-state index is -0.959. The van der Waals surface area contributed by atoms with Gasteiger partial charge in [0, 0.05) is 64.9 Å². The Morgan fingerprint density at radius 3 is 2.65 bits per heavy atom.